The summed E-state index contributed by atoms with van der Waals surface area (Å²) in [5.74, 6) is -0.123. The third-order valence-electron chi connectivity index (χ3n) is 4.65. The number of carbonyl (C=O) groups excluding carboxylic acids is 1. The monoisotopic (exact) mass is 397 g/mol. The Balaban J connectivity index is 1.29. The van der Waals surface area contributed by atoms with Gasteiger partial charge < -0.3 is 10.2 Å². The van der Waals surface area contributed by atoms with Crippen LogP contribution in [0.3, 0.4) is 0 Å². The van der Waals surface area contributed by atoms with Gasteiger partial charge in [-0.1, -0.05) is 23.5 Å². The van der Waals surface area contributed by atoms with Gasteiger partial charge in [-0.3, -0.25) is 19.8 Å². The molecule has 0 unspecified atom stereocenters. The summed E-state index contributed by atoms with van der Waals surface area (Å²) in [7, 11) is 0. The zero-order valence-corrected chi connectivity index (χ0v) is 15.9. The number of hydrogen-bond acceptors (Lipinski definition) is 7. The summed E-state index contributed by atoms with van der Waals surface area (Å²) in [6.07, 6.45) is 0. The number of anilines is 2. The van der Waals surface area contributed by atoms with Gasteiger partial charge in [-0.05, 0) is 24.3 Å². The molecule has 1 N–H and O–H groups in total. The second-order valence-corrected chi connectivity index (χ2v) is 7.59. The van der Waals surface area contributed by atoms with Crippen molar-refractivity contribution in [2.24, 2.45) is 0 Å². The number of thiazole rings is 1. The van der Waals surface area contributed by atoms with Gasteiger partial charge >= 0.3 is 0 Å². The lowest BCUT2D eigenvalue weighted by Gasteiger charge is -2.34. The molecule has 2 aromatic carbocycles. The summed E-state index contributed by atoms with van der Waals surface area (Å²) in [6, 6.07) is 14.0. The molecule has 9 heteroatoms. The molecule has 4 rings (SSSR count). The number of hydrogen-bond donors (Lipinski definition) is 1. The molecule has 0 radical (unpaired) electrons. The number of piperazine rings is 1. The SMILES string of the molecule is O=C(CN1CCN(c2nc3ccccc3s2)CC1)Nc1ccc([N+](=O)[O-])cc1. The van der Waals surface area contributed by atoms with E-state index in [1.807, 2.05) is 18.2 Å². The Labute approximate surface area is 165 Å². The van der Waals surface area contributed by atoms with Gasteiger partial charge in [0.1, 0.15) is 0 Å². The molecular formula is C19H19N5O3S. The molecule has 1 aliphatic rings. The zero-order valence-electron chi connectivity index (χ0n) is 15.1. The number of aromatic nitrogens is 1. The summed E-state index contributed by atoms with van der Waals surface area (Å²) in [5, 5.41) is 14.5. The van der Waals surface area contributed by atoms with Gasteiger partial charge in [-0.15, -0.1) is 0 Å². The minimum Gasteiger partial charge on any atom is -0.345 e. The highest BCUT2D eigenvalue weighted by Gasteiger charge is 2.21. The summed E-state index contributed by atoms with van der Waals surface area (Å²) in [4.78, 5) is 31.5. The molecule has 1 saturated heterocycles. The molecule has 0 atom stereocenters. The number of nitro benzene ring substituents is 1. The van der Waals surface area contributed by atoms with E-state index in [2.05, 4.69) is 21.2 Å². The largest absolute Gasteiger partial charge is 0.345 e. The van der Waals surface area contributed by atoms with E-state index in [1.54, 1.807) is 23.5 Å². The first-order valence-corrected chi connectivity index (χ1v) is 9.77. The van der Waals surface area contributed by atoms with Crippen LogP contribution in [0.1, 0.15) is 0 Å². The lowest BCUT2D eigenvalue weighted by atomic mass is 10.2. The molecule has 2 heterocycles. The molecule has 1 fully saturated rings. The number of rotatable bonds is 5. The molecule has 28 heavy (non-hydrogen) atoms. The molecule has 0 aliphatic carbocycles. The van der Waals surface area contributed by atoms with Crippen LogP contribution >= 0.6 is 11.3 Å². The van der Waals surface area contributed by atoms with Crippen LogP contribution in [-0.4, -0.2) is 53.4 Å². The molecule has 0 saturated carbocycles. The quantitative estimate of drug-likeness (QED) is 0.526. The van der Waals surface area contributed by atoms with Crippen molar-refractivity contribution in [2.45, 2.75) is 0 Å². The van der Waals surface area contributed by atoms with Gasteiger partial charge in [0.2, 0.25) is 5.91 Å². The average molecular weight is 397 g/mol. The Hall–Kier alpha value is -3.04. The standard InChI is InChI=1S/C19H19N5O3S/c25-18(20-14-5-7-15(8-6-14)24(26)27)13-22-9-11-23(12-10-22)19-21-16-3-1-2-4-17(16)28-19/h1-8H,9-13H2,(H,20,25). The van der Waals surface area contributed by atoms with E-state index < -0.39 is 4.92 Å². The fourth-order valence-corrected chi connectivity index (χ4v) is 4.18. The summed E-state index contributed by atoms with van der Waals surface area (Å²) < 4.78 is 1.18. The zero-order chi connectivity index (χ0) is 19.5. The van der Waals surface area contributed by atoms with Crippen LogP contribution in [0.5, 0.6) is 0 Å². The molecule has 1 amide bonds. The number of nitrogens with one attached hydrogen (secondary N) is 1. The topological polar surface area (TPSA) is 91.6 Å². The first-order valence-electron chi connectivity index (χ1n) is 8.96. The Morgan fingerprint density at radius 2 is 1.82 bits per heavy atom. The van der Waals surface area contributed by atoms with E-state index in [0.29, 0.717) is 12.2 Å². The van der Waals surface area contributed by atoms with Gasteiger partial charge in [-0.25, -0.2) is 4.98 Å². The maximum atomic E-state index is 12.3. The second-order valence-electron chi connectivity index (χ2n) is 6.58. The number of carbonyl (C=O) groups is 1. The Morgan fingerprint density at radius 3 is 2.50 bits per heavy atom. The summed E-state index contributed by atoms with van der Waals surface area (Å²) in [6.45, 7) is 3.51. The lowest BCUT2D eigenvalue weighted by molar-refractivity contribution is -0.384. The molecule has 1 aliphatic heterocycles. The molecule has 8 nitrogen and oxygen atoms in total. The molecule has 3 aromatic rings. The number of non-ortho nitro benzene ring substituents is 1. The highest BCUT2D eigenvalue weighted by atomic mass is 32.1. The van der Waals surface area contributed by atoms with E-state index in [4.69, 9.17) is 4.98 Å². The number of benzene rings is 2. The van der Waals surface area contributed by atoms with Crippen molar-refractivity contribution >= 4 is 44.0 Å². The third-order valence-corrected chi connectivity index (χ3v) is 5.75. The van der Waals surface area contributed by atoms with Gasteiger partial charge in [0.25, 0.3) is 5.69 Å². The maximum Gasteiger partial charge on any atom is 0.269 e. The van der Waals surface area contributed by atoms with Crippen molar-refractivity contribution in [3.05, 3.63) is 58.6 Å². The first kappa shape index (κ1) is 18.3. The molecule has 1 aromatic heterocycles. The smallest absolute Gasteiger partial charge is 0.269 e. The van der Waals surface area contributed by atoms with Crippen LogP contribution < -0.4 is 10.2 Å². The second kappa shape index (κ2) is 7.91. The molecular weight excluding hydrogens is 378 g/mol. The van der Waals surface area contributed by atoms with Crippen molar-refractivity contribution in [1.29, 1.82) is 0 Å². The maximum absolute atomic E-state index is 12.3. The van der Waals surface area contributed by atoms with Crippen molar-refractivity contribution in [3.63, 3.8) is 0 Å². The average Bonchev–Trinajstić information content (AvgIpc) is 3.13. The minimum atomic E-state index is -0.462. The fourth-order valence-electron chi connectivity index (χ4n) is 3.16. The van der Waals surface area contributed by atoms with E-state index in [0.717, 1.165) is 36.8 Å². The minimum absolute atomic E-state index is 0.00367. The van der Waals surface area contributed by atoms with Crippen LogP contribution in [0.15, 0.2) is 48.5 Å². The molecule has 0 spiro atoms. The number of nitro groups is 1. The molecule has 0 bridgehead atoms. The van der Waals surface area contributed by atoms with Crippen LogP contribution in [0.2, 0.25) is 0 Å². The number of para-hydroxylation sites is 1. The Kier molecular flexibility index (Phi) is 5.18. The number of nitrogens with zero attached hydrogens (tertiary/aromatic N) is 4. The van der Waals surface area contributed by atoms with Crippen molar-refractivity contribution in [1.82, 2.24) is 9.88 Å². The van der Waals surface area contributed by atoms with Crippen molar-refractivity contribution < 1.29 is 9.72 Å². The van der Waals surface area contributed by atoms with E-state index in [9.17, 15) is 14.9 Å². The van der Waals surface area contributed by atoms with Crippen LogP contribution in [0, 0.1) is 10.1 Å². The van der Waals surface area contributed by atoms with Gasteiger partial charge in [-0.2, -0.15) is 0 Å². The van der Waals surface area contributed by atoms with Crippen LogP contribution in [0.4, 0.5) is 16.5 Å². The molecule has 144 valence electrons. The van der Waals surface area contributed by atoms with Gasteiger partial charge in [0.15, 0.2) is 5.13 Å². The summed E-state index contributed by atoms with van der Waals surface area (Å²) in [5.41, 5.74) is 1.58. The van der Waals surface area contributed by atoms with Crippen molar-refractivity contribution in [2.75, 3.05) is 42.9 Å². The van der Waals surface area contributed by atoms with Crippen molar-refractivity contribution in [3.8, 4) is 0 Å². The fraction of sp³-hybridized carbons (Fsp3) is 0.263. The van der Waals surface area contributed by atoms with Gasteiger partial charge in [0.05, 0.1) is 21.7 Å². The number of amides is 1. The Morgan fingerprint density at radius 1 is 1.11 bits per heavy atom. The normalized spacial score (nSPS) is 14.9. The first-order chi connectivity index (χ1) is 13.6. The van der Waals surface area contributed by atoms with Crippen LogP contribution in [-0.2, 0) is 4.79 Å². The third kappa shape index (κ3) is 4.10. The predicted molar refractivity (Wildman–Crippen MR) is 110 cm³/mol. The highest BCUT2D eigenvalue weighted by Crippen LogP contribution is 2.29. The highest BCUT2D eigenvalue weighted by molar-refractivity contribution is 7.22. The van der Waals surface area contributed by atoms with E-state index in [1.165, 1.54) is 16.8 Å². The Bertz CT molecular complexity index is 963. The van der Waals surface area contributed by atoms with Gasteiger partial charge in [0, 0.05) is 44.0 Å². The predicted octanol–water partition coefficient (Wildman–Crippen LogP) is 2.97. The van der Waals surface area contributed by atoms with Crippen LogP contribution in [0.25, 0.3) is 10.2 Å². The van der Waals surface area contributed by atoms with E-state index in [-0.39, 0.29) is 11.6 Å². The lowest BCUT2D eigenvalue weighted by Crippen LogP contribution is -2.48. The summed E-state index contributed by atoms with van der Waals surface area (Å²) >= 11 is 1.69. The number of fused-ring (bicyclic) bond motifs is 1. The van der Waals surface area contributed by atoms with E-state index >= 15 is 0 Å².